The van der Waals surface area contributed by atoms with Gasteiger partial charge in [-0.25, -0.2) is 4.98 Å². The van der Waals surface area contributed by atoms with Gasteiger partial charge in [0.05, 0.1) is 5.69 Å². The first-order valence-electron chi connectivity index (χ1n) is 7.77. The van der Waals surface area contributed by atoms with Crippen molar-refractivity contribution in [1.29, 1.82) is 0 Å². The Morgan fingerprint density at radius 2 is 2.14 bits per heavy atom. The third-order valence-corrected chi connectivity index (χ3v) is 5.08. The topological polar surface area (TPSA) is 42.1 Å². The van der Waals surface area contributed by atoms with Crippen molar-refractivity contribution in [1.82, 2.24) is 9.88 Å². The summed E-state index contributed by atoms with van der Waals surface area (Å²) < 4.78 is 0. The van der Waals surface area contributed by atoms with Gasteiger partial charge in [-0.2, -0.15) is 0 Å². The van der Waals surface area contributed by atoms with E-state index in [0.717, 1.165) is 30.4 Å². The van der Waals surface area contributed by atoms with Crippen LogP contribution < -0.4 is 5.73 Å². The zero-order valence-corrected chi connectivity index (χ0v) is 13.2. The van der Waals surface area contributed by atoms with Crippen molar-refractivity contribution >= 4 is 11.3 Å². The average Bonchev–Trinajstić information content (AvgIpc) is 2.97. The van der Waals surface area contributed by atoms with Gasteiger partial charge in [-0.3, -0.25) is 4.90 Å². The molecule has 3 nitrogen and oxygen atoms in total. The van der Waals surface area contributed by atoms with Crippen LogP contribution in [-0.2, 0) is 6.54 Å². The van der Waals surface area contributed by atoms with Gasteiger partial charge in [-0.05, 0) is 38.3 Å². The van der Waals surface area contributed by atoms with E-state index in [0.29, 0.717) is 0 Å². The zero-order valence-electron chi connectivity index (χ0n) is 12.4. The Bertz CT molecular complexity index is 550. The molecule has 1 aromatic carbocycles. The highest BCUT2D eigenvalue weighted by molar-refractivity contribution is 7.13. The van der Waals surface area contributed by atoms with Gasteiger partial charge in [0.1, 0.15) is 5.01 Å². The van der Waals surface area contributed by atoms with Gasteiger partial charge in [0.25, 0.3) is 0 Å². The van der Waals surface area contributed by atoms with Crippen LogP contribution in [0.5, 0.6) is 0 Å². The summed E-state index contributed by atoms with van der Waals surface area (Å²) >= 11 is 1.74. The van der Waals surface area contributed by atoms with Crippen molar-refractivity contribution in [3.63, 3.8) is 0 Å². The maximum Gasteiger partial charge on any atom is 0.123 e. The van der Waals surface area contributed by atoms with Gasteiger partial charge in [0.15, 0.2) is 0 Å². The molecule has 1 fully saturated rings. The Hall–Kier alpha value is -1.23. The van der Waals surface area contributed by atoms with Crippen LogP contribution in [0.4, 0.5) is 0 Å². The van der Waals surface area contributed by atoms with Crippen molar-refractivity contribution < 1.29 is 0 Å². The molecule has 1 unspecified atom stereocenters. The van der Waals surface area contributed by atoms with Gasteiger partial charge in [0.2, 0.25) is 0 Å². The van der Waals surface area contributed by atoms with Crippen LogP contribution in [0.25, 0.3) is 10.6 Å². The molecule has 1 atom stereocenters. The monoisotopic (exact) mass is 301 g/mol. The summed E-state index contributed by atoms with van der Waals surface area (Å²) in [7, 11) is 0. The lowest BCUT2D eigenvalue weighted by Gasteiger charge is -2.32. The molecule has 112 valence electrons. The van der Waals surface area contributed by atoms with Crippen LogP contribution in [0.1, 0.15) is 25.0 Å². The van der Waals surface area contributed by atoms with Gasteiger partial charge in [0, 0.05) is 24.0 Å². The lowest BCUT2D eigenvalue weighted by molar-refractivity contribution is 0.162. The highest BCUT2D eigenvalue weighted by Crippen LogP contribution is 2.25. The standard InChI is InChI=1S/C17H23N3S/c18-9-8-14-5-4-10-20(11-14)12-16-13-21-17(19-16)15-6-2-1-3-7-15/h1-3,6-7,13-14H,4-5,8-12,18H2. The van der Waals surface area contributed by atoms with E-state index in [1.54, 1.807) is 11.3 Å². The maximum absolute atomic E-state index is 5.70. The van der Waals surface area contributed by atoms with Crippen molar-refractivity contribution in [3.05, 3.63) is 41.4 Å². The van der Waals surface area contributed by atoms with E-state index < -0.39 is 0 Å². The summed E-state index contributed by atoms with van der Waals surface area (Å²) in [6.07, 6.45) is 3.78. The van der Waals surface area contributed by atoms with E-state index in [4.69, 9.17) is 10.7 Å². The minimum Gasteiger partial charge on any atom is -0.330 e. The quantitative estimate of drug-likeness (QED) is 0.920. The third-order valence-electron chi connectivity index (χ3n) is 4.14. The van der Waals surface area contributed by atoms with Gasteiger partial charge in [-0.15, -0.1) is 11.3 Å². The van der Waals surface area contributed by atoms with Gasteiger partial charge in [-0.1, -0.05) is 30.3 Å². The number of nitrogens with two attached hydrogens (primary N) is 1. The lowest BCUT2D eigenvalue weighted by Crippen LogP contribution is -2.35. The average molecular weight is 301 g/mol. The number of nitrogens with zero attached hydrogens (tertiary/aromatic N) is 2. The molecule has 21 heavy (non-hydrogen) atoms. The van der Waals surface area contributed by atoms with Gasteiger partial charge >= 0.3 is 0 Å². The maximum atomic E-state index is 5.70. The highest BCUT2D eigenvalue weighted by Gasteiger charge is 2.20. The Morgan fingerprint density at radius 3 is 2.95 bits per heavy atom. The number of hydrogen-bond acceptors (Lipinski definition) is 4. The zero-order chi connectivity index (χ0) is 14.5. The van der Waals surface area contributed by atoms with Crippen molar-refractivity contribution in [2.45, 2.75) is 25.8 Å². The summed E-state index contributed by atoms with van der Waals surface area (Å²) in [5, 5.41) is 3.33. The fourth-order valence-corrected chi connectivity index (χ4v) is 3.91. The predicted octanol–water partition coefficient (Wildman–Crippen LogP) is 3.37. The third kappa shape index (κ3) is 3.90. The fraction of sp³-hybridized carbons (Fsp3) is 0.471. The summed E-state index contributed by atoms with van der Waals surface area (Å²) in [5.41, 5.74) is 8.11. The smallest absolute Gasteiger partial charge is 0.123 e. The minimum atomic E-state index is 0.774. The number of thiazole rings is 1. The number of benzene rings is 1. The van der Waals surface area contributed by atoms with Gasteiger partial charge < -0.3 is 5.73 Å². The molecule has 1 saturated heterocycles. The summed E-state index contributed by atoms with van der Waals surface area (Å²) in [6, 6.07) is 10.4. The molecule has 3 rings (SSSR count). The minimum absolute atomic E-state index is 0.774. The van der Waals surface area contributed by atoms with Crippen molar-refractivity contribution in [2.24, 2.45) is 11.7 Å². The fourth-order valence-electron chi connectivity index (χ4n) is 3.09. The molecular formula is C17H23N3S. The molecule has 1 aliphatic heterocycles. The largest absolute Gasteiger partial charge is 0.330 e. The molecule has 0 aliphatic carbocycles. The number of aromatic nitrogens is 1. The van der Waals surface area contributed by atoms with Crippen LogP contribution >= 0.6 is 11.3 Å². The van der Waals surface area contributed by atoms with Crippen molar-refractivity contribution in [3.8, 4) is 10.6 Å². The van der Waals surface area contributed by atoms with Crippen molar-refractivity contribution in [2.75, 3.05) is 19.6 Å². The number of rotatable bonds is 5. The Labute approximate surface area is 130 Å². The normalized spacial score (nSPS) is 19.8. The molecule has 0 spiro atoms. The molecule has 2 N–H and O–H groups in total. The molecule has 2 heterocycles. The second-order valence-electron chi connectivity index (χ2n) is 5.83. The first-order valence-corrected chi connectivity index (χ1v) is 8.65. The molecule has 0 saturated carbocycles. The molecule has 1 aliphatic rings. The number of hydrogen-bond donors (Lipinski definition) is 1. The first kappa shape index (κ1) is 14.7. The summed E-state index contributed by atoms with van der Waals surface area (Å²) in [6.45, 7) is 4.16. The molecule has 0 radical (unpaired) electrons. The molecule has 0 bridgehead atoms. The molecule has 0 amide bonds. The van der Waals surface area contributed by atoms with Crippen LogP contribution in [-0.4, -0.2) is 29.5 Å². The SMILES string of the molecule is NCCC1CCCN(Cc2csc(-c3ccccc3)n2)C1. The van der Waals surface area contributed by atoms with E-state index in [2.05, 4.69) is 34.5 Å². The van der Waals surface area contributed by atoms with E-state index >= 15 is 0 Å². The second-order valence-corrected chi connectivity index (χ2v) is 6.69. The molecular weight excluding hydrogens is 278 g/mol. The second kappa shape index (κ2) is 7.16. The van der Waals surface area contributed by atoms with Crippen LogP contribution in [0.2, 0.25) is 0 Å². The number of likely N-dealkylation sites (tertiary alicyclic amines) is 1. The highest BCUT2D eigenvalue weighted by atomic mass is 32.1. The Balaban J connectivity index is 1.62. The predicted molar refractivity (Wildman–Crippen MR) is 89.2 cm³/mol. The van der Waals surface area contributed by atoms with Crippen LogP contribution in [0.15, 0.2) is 35.7 Å². The van der Waals surface area contributed by atoms with Crippen LogP contribution in [0, 0.1) is 5.92 Å². The first-order chi connectivity index (χ1) is 10.3. The lowest BCUT2D eigenvalue weighted by atomic mass is 9.95. The van der Waals surface area contributed by atoms with E-state index in [9.17, 15) is 0 Å². The Kier molecular flexibility index (Phi) is 5.01. The molecule has 4 heteroatoms. The number of piperidine rings is 1. The summed E-state index contributed by atoms with van der Waals surface area (Å²) in [4.78, 5) is 7.33. The Morgan fingerprint density at radius 1 is 1.29 bits per heavy atom. The van der Waals surface area contributed by atoms with Crippen LogP contribution in [0.3, 0.4) is 0 Å². The summed E-state index contributed by atoms with van der Waals surface area (Å²) in [5.74, 6) is 0.774. The van der Waals surface area contributed by atoms with E-state index in [1.165, 1.54) is 37.2 Å². The molecule has 1 aromatic heterocycles. The van der Waals surface area contributed by atoms with E-state index in [1.807, 2.05) is 6.07 Å². The van der Waals surface area contributed by atoms with E-state index in [-0.39, 0.29) is 0 Å². The molecule has 2 aromatic rings.